The number of fused-ring (bicyclic) bond motifs is 1. The molecule has 0 saturated carbocycles. The van der Waals surface area contributed by atoms with Crippen molar-refractivity contribution in [1.82, 2.24) is 4.90 Å². The number of hydrogen-bond donors (Lipinski definition) is 1. The molecule has 4 heteroatoms. The minimum Gasteiger partial charge on any atom is -0.480 e. The van der Waals surface area contributed by atoms with Gasteiger partial charge in [-0.15, -0.1) is 0 Å². The molecule has 114 valence electrons. The van der Waals surface area contributed by atoms with Crippen LogP contribution in [-0.4, -0.2) is 29.1 Å². The van der Waals surface area contributed by atoms with Gasteiger partial charge in [0.2, 0.25) is 0 Å². The molecule has 1 N–H and O–H groups in total. The number of para-hydroxylation sites is 1. The lowest BCUT2D eigenvalue weighted by Gasteiger charge is -2.29. The number of likely N-dealkylation sites (N-methyl/N-ethyl adjacent to an activating group) is 1. The third-order valence-electron chi connectivity index (χ3n) is 4.24. The van der Waals surface area contributed by atoms with Crippen molar-refractivity contribution in [3.8, 4) is 0 Å². The van der Waals surface area contributed by atoms with Crippen LogP contribution in [0.1, 0.15) is 44.6 Å². The minimum absolute atomic E-state index is 0.0756. The maximum Gasteiger partial charge on any atom is 0.320 e. The molecule has 0 bridgehead atoms. The predicted molar refractivity (Wildman–Crippen MR) is 83.5 cm³/mol. The van der Waals surface area contributed by atoms with Gasteiger partial charge in [-0.1, -0.05) is 32.0 Å². The quantitative estimate of drug-likeness (QED) is 0.877. The molecule has 2 rings (SSSR count). The number of aryl methyl sites for hydroxylation is 1. The molecular weight excluding hydrogens is 266 g/mol. The molecule has 1 aromatic heterocycles. The molecule has 21 heavy (non-hydrogen) atoms. The third kappa shape index (κ3) is 2.81. The van der Waals surface area contributed by atoms with E-state index in [0.29, 0.717) is 6.42 Å². The van der Waals surface area contributed by atoms with E-state index in [-0.39, 0.29) is 6.04 Å². The standard InChI is InChI=1S/C17H23NO3/c1-5-12-13-9-7-8-10-15(13)21-16(12)11(3)18(4)14(6-2)17(19)20/h7-11,14H,5-6H2,1-4H3,(H,19,20). The fraction of sp³-hybridized carbons (Fsp3) is 0.471. The van der Waals surface area contributed by atoms with Crippen LogP contribution in [0.2, 0.25) is 0 Å². The van der Waals surface area contributed by atoms with Gasteiger partial charge in [0.25, 0.3) is 0 Å². The lowest BCUT2D eigenvalue weighted by molar-refractivity contribution is -0.143. The molecule has 2 unspecified atom stereocenters. The van der Waals surface area contributed by atoms with Crippen molar-refractivity contribution in [1.29, 1.82) is 0 Å². The first-order valence-corrected chi connectivity index (χ1v) is 7.46. The molecule has 0 saturated heterocycles. The molecule has 0 aliphatic carbocycles. The van der Waals surface area contributed by atoms with Crippen LogP contribution in [-0.2, 0) is 11.2 Å². The Labute approximate surface area is 125 Å². The van der Waals surface area contributed by atoms with Crippen LogP contribution >= 0.6 is 0 Å². The summed E-state index contributed by atoms with van der Waals surface area (Å²) in [6, 6.07) is 7.39. The summed E-state index contributed by atoms with van der Waals surface area (Å²) in [5.74, 6) is 0.0851. The highest BCUT2D eigenvalue weighted by Crippen LogP contribution is 2.33. The Kier molecular flexibility index (Phi) is 4.68. The molecule has 2 atom stereocenters. The molecule has 2 aromatic rings. The van der Waals surface area contributed by atoms with Gasteiger partial charge in [-0.05, 0) is 32.9 Å². The summed E-state index contributed by atoms with van der Waals surface area (Å²) in [5.41, 5.74) is 2.04. The fourth-order valence-electron chi connectivity index (χ4n) is 2.91. The van der Waals surface area contributed by atoms with Gasteiger partial charge in [-0.25, -0.2) is 0 Å². The van der Waals surface area contributed by atoms with E-state index >= 15 is 0 Å². The van der Waals surface area contributed by atoms with E-state index in [1.807, 2.05) is 44.0 Å². The Morgan fingerprint density at radius 1 is 1.33 bits per heavy atom. The summed E-state index contributed by atoms with van der Waals surface area (Å²) < 4.78 is 6.01. The lowest BCUT2D eigenvalue weighted by atomic mass is 10.0. The van der Waals surface area contributed by atoms with E-state index in [0.717, 1.165) is 23.2 Å². The van der Waals surface area contributed by atoms with E-state index in [1.165, 1.54) is 5.56 Å². The second-order valence-electron chi connectivity index (χ2n) is 5.40. The van der Waals surface area contributed by atoms with Gasteiger partial charge < -0.3 is 9.52 Å². The van der Waals surface area contributed by atoms with E-state index < -0.39 is 12.0 Å². The largest absolute Gasteiger partial charge is 0.480 e. The SMILES string of the molecule is CCc1c(C(C)N(C)C(CC)C(=O)O)oc2ccccc12. The van der Waals surface area contributed by atoms with Gasteiger partial charge in [-0.3, -0.25) is 9.69 Å². The second kappa shape index (κ2) is 6.31. The number of benzene rings is 1. The first-order chi connectivity index (χ1) is 10.0. The maximum absolute atomic E-state index is 11.4. The highest BCUT2D eigenvalue weighted by molar-refractivity contribution is 5.82. The van der Waals surface area contributed by atoms with Crippen molar-refractivity contribution in [2.24, 2.45) is 0 Å². The number of rotatable bonds is 6. The van der Waals surface area contributed by atoms with Crippen molar-refractivity contribution in [3.63, 3.8) is 0 Å². The molecule has 0 amide bonds. The van der Waals surface area contributed by atoms with Crippen LogP contribution in [0, 0.1) is 0 Å². The van der Waals surface area contributed by atoms with E-state index in [2.05, 4.69) is 13.0 Å². The van der Waals surface area contributed by atoms with Crippen molar-refractivity contribution in [2.75, 3.05) is 7.05 Å². The average Bonchev–Trinajstić information content (AvgIpc) is 2.85. The van der Waals surface area contributed by atoms with Gasteiger partial charge in [0.05, 0.1) is 6.04 Å². The monoisotopic (exact) mass is 289 g/mol. The number of nitrogens with zero attached hydrogens (tertiary/aromatic N) is 1. The molecular formula is C17H23NO3. The normalized spacial score (nSPS) is 14.5. The van der Waals surface area contributed by atoms with Crippen LogP contribution in [0.25, 0.3) is 11.0 Å². The number of carbonyl (C=O) groups is 1. The number of furan rings is 1. The van der Waals surface area contributed by atoms with E-state index in [1.54, 1.807) is 0 Å². The van der Waals surface area contributed by atoms with Crippen molar-refractivity contribution in [3.05, 3.63) is 35.6 Å². The van der Waals surface area contributed by atoms with Crippen LogP contribution < -0.4 is 0 Å². The summed E-state index contributed by atoms with van der Waals surface area (Å²) in [6.45, 7) is 5.99. The number of carboxylic acids is 1. The maximum atomic E-state index is 11.4. The Morgan fingerprint density at radius 2 is 2.00 bits per heavy atom. The smallest absolute Gasteiger partial charge is 0.320 e. The predicted octanol–water partition coefficient (Wildman–Crippen LogP) is 3.85. The number of hydrogen-bond acceptors (Lipinski definition) is 3. The molecule has 0 aliphatic heterocycles. The van der Waals surface area contributed by atoms with Crippen LogP contribution in [0.15, 0.2) is 28.7 Å². The summed E-state index contributed by atoms with van der Waals surface area (Å²) in [5, 5.41) is 10.5. The third-order valence-corrected chi connectivity index (χ3v) is 4.24. The van der Waals surface area contributed by atoms with Crippen LogP contribution in [0.4, 0.5) is 0 Å². The van der Waals surface area contributed by atoms with Gasteiger partial charge in [-0.2, -0.15) is 0 Å². The van der Waals surface area contributed by atoms with Gasteiger partial charge >= 0.3 is 5.97 Å². The van der Waals surface area contributed by atoms with Gasteiger partial charge in [0.1, 0.15) is 17.4 Å². The van der Waals surface area contributed by atoms with Crippen molar-refractivity contribution < 1.29 is 14.3 Å². The average molecular weight is 289 g/mol. The zero-order chi connectivity index (χ0) is 15.6. The fourth-order valence-corrected chi connectivity index (χ4v) is 2.91. The minimum atomic E-state index is -0.791. The number of carboxylic acid groups (broad SMARTS) is 1. The zero-order valence-corrected chi connectivity index (χ0v) is 13.1. The molecule has 0 spiro atoms. The molecule has 4 nitrogen and oxygen atoms in total. The summed E-state index contributed by atoms with van der Waals surface area (Å²) >= 11 is 0. The van der Waals surface area contributed by atoms with Crippen LogP contribution in [0.3, 0.4) is 0 Å². The zero-order valence-electron chi connectivity index (χ0n) is 13.1. The lowest BCUT2D eigenvalue weighted by Crippen LogP contribution is -2.39. The molecule has 0 radical (unpaired) electrons. The first kappa shape index (κ1) is 15.6. The van der Waals surface area contributed by atoms with Crippen molar-refractivity contribution in [2.45, 2.75) is 45.7 Å². The van der Waals surface area contributed by atoms with Crippen LogP contribution in [0.5, 0.6) is 0 Å². The summed E-state index contributed by atoms with van der Waals surface area (Å²) in [4.78, 5) is 13.2. The molecule has 1 heterocycles. The Balaban J connectivity index is 2.43. The Hall–Kier alpha value is -1.81. The Morgan fingerprint density at radius 3 is 2.57 bits per heavy atom. The summed E-state index contributed by atoms with van der Waals surface area (Å²) in [6.07, 6.45) is 1.44. The number of aliphatic carboxylic acids is 1. The van der Waals surface area contributed by atoms with Gasteiger partial charge in [0, 0.05) is 10.9 Å². The Bertz CT molecular complexity index is 632. The summed E-state index contributed by atoms with van der Waals surface area (Å²) in [7, 11) is 1.85. The molecule has 0 aliphatic rings. The molecule has 1 aromatic carbocycles. The highest BCUT2D eigenvalue weighted by Gasteiger charge is 2.29. The van der Waals surface area contributed by atoms with E-state index in [9.17, 15) is 9.90 Å². The topological polar surface area (TPSA) is 53.7 Å². The first-order valence-electron chi connectivity index (χ1n) is 7.46. The molecule has 0 fully saturated rings. The van der Waals surface area contributed by atoms with Crippen molar-refractivity contribution >= 4 is 16.9 Å². The second-order valence-corrected chi connectivity index (χ2v) is 5.40. The highest BCUT2D eigenvalue weighted by atomic mass is 16.4. The van der Waals surface area contributed by atoms with Gasteiger partial charge in [0.15, 0.2) is 0 Å². The van der Waals surface area contributed by atoms with E-state index in [4.69, 9.17) is 4.42 Å².